The summed E-state index contributed by atoms with van der Waals surface area (Å²) in [6, 6.07) is 6.75. The van der Waals surface area contributed by atoms with Crippen molar-refractivity contribution in [3.63, 3.8) is 0 Å². The van der Waals surface area contributed by atoms with Crippen molar-refractivity contribution in [1.29, 1.82) is 0 Å². The lowest BCUT2D eigenvalue weighted by molar-refractivity contribution is -0.921. The van der Waals surface area contributed by atoms with Gasteiger partial charge in [0, 0.05) is 30.8 Å². The molecule has 134 valence electrons. The van der Waals surface area contributed by atoms with Crippen molar-refractivity contribution < 1.29 is 31.6 Å². The number of nitro groups is 1. The number of nitrogens with one attached hydrogen (secondary N) is 1. The molecule has 7 heteroatoms. The summed E-state index contributed by atoms with van der Waals surface area (Å²) in [5.41, 5.74) is 1.21. The van der Waals surface area contributed by atoms with Crippen LogP contribution in [0.1, 0.15) is 32.3 Å². The maximum Gasteiger partial charge on any atom is 0.269 e. The molecule has 2 unspecified atom stereocenters. The van der Waals surface area contributed by atoms with E-state index in [-0.39, 0.29) is 39.4 Å². The average molecular weight is 400 g/mol. The molecule has 2 atom stereocenters. The zero-order valence-corrected chi connectivity index (χ0v) is 15.9. The zero-order valence-electron chi connectivity index (χ0n) is 14.3. The maximum absolute atomic E-state index is 12.5. The van der Waals surface area contributed by atoms with Crippen molar-refractivity contribution in [2.75, 3.05) is 26.2 Å². The van der Waals surface area contributed by atoms with Crippen LogP contribution in [-0.2, 0) is 11.3 Å². The van der Waals surface area contributed by atoms with Gasteiger partial charge in [-0.1, -0.05) is 0 Å². The quantitative estimate of drug-likeness (QED) is 0.456. The normalized spacial score (nSPS) is 20.1. The monoisotopic (exact) mass is 399 g/mol. The van der Waals surface area contributed by atoms with E-state index < -0.39 is 0 Å². The molecule has 1 fully saturated rings. The van der Waals surface area contributed by atoms with E-state index >= 15 is 0 Å². The van der Waals surface area contributed by atoms with Gasteiger partial charge in [-0.3, -0.25) is 14.9 Å². The van der Waals surface area contributed by atoms with E-state index in [0.29, 0.717) is 0 Å². The Morgan fingerprint density at radius 3 is 2.46 bits per heavy atom. The molecule has 6 nitrogen and oxygen atoms in total. The number of piperidine rings is 1. The topological polar surface area (TPSA) is 67.9 Å². The van der Waals surface area contributed by atoms with Crippen LogP contribution < -0.4 is 21.9 Å². The fraction of sp³-hybridized carbons (Fsp3) is 0.588. The highest BCUT2D eigenvalue weighted by molar-refractivity contribution is 5.78. The molecule has 0 radical (unpaired) electrons. The van der Waals surface area contributed by atoms with Crippen molar-refractivity contribution in [3.05, 3.63) is 39.9 Å². The second-order valence-electron chi connectivity index (χ2n) is 6.15. The zero-order chi connectivity index (χ0) is 16.8. The van der Waals surface area contributed by atoms with Gasteiger partial charge in [-0.05, 0) is 38.8 Å². The summed E-state index contributed by atoms with van der Waals surface area (Å²) in [4.78, 5) is 26.1. The van der Waals surface area contributed by atoms with E-state index in [2.05, 4.69) is 0 Å². The molecule has 1 N–H and O–H groups in total. The van der Waals surface area contributed by atoms with E-state index in [1.165, 1.54) is 4.90 Å². The van der Waals surface area contributed by atoms with Crippen LogP contribution in [0.25, 0.3) is 0 Å². The number of amides is 1. The number of nitrogens with zero attached hydrogens (tertiary/aromatic N) is 2. The van der Waals surface area contributed by atoms with Gasteiger partial charge in [0.2, 0.25) is 5.91 Å². The van der Waals surface area contributed by atoms with Crippen molar-refractivity contribution in [2.24, 2.45) is 5.92 Å². The van der Waals surface area contributed by atoms with Crippen LogP contribution in [0.2, 0.25) is 0 Å². The molecule has 1 amide bonds. The number of nitro benzene ring substituents is 1. The fourth-order valence-corrected chi connectivity index (χ4v) is 3.34. The first-order chi connectivity index (χ1) is 11.0. The number of carbonyl (C=O) groups is 1. The lowest BCUT2D eigenvalue weighted by atomic mass is 9.96. The molecule has 0 aromatic heterocycles. The Balaban J connectivity index is 0.00000288. The first-order valence-electron chi connectivity index (χ1n) is 8.40. The summed E-state index contributed by atoms with van der Waals surface area (Å²) < 4.78 is 0. The third-order valence-electron chi connectivity index (χ3n) is 4.64. The number of hydrogen-bond acceptors (Lipinski definition) is 3. The van der Waals surface area contributed by atoms with E-state index in [1.807, 2.05) is 30.9 Å². The van der Waals surface area contributed by atoms with E-state index in [0.717, 1.165) is 51.1 Å². The second kappa shape index (κ2) is 9.74. The smallest absolute Gasteiger partial charge is 0.269 e. The number of halogens is 1. The van der Waals surface area contributed by atoms with Crippen molar-refractivity contribution in [1.82, 2.24) is 4.90 Å². The third-order valence-corrected chi connectivity index (χ3v) is 4.64. The Kier molecular flexibility index (Phi) is 8.35. The highest BCUT2D eigenvalue weighted by Crippen LogP contribution is 2.14. The van der Waals surface area contributed by atoms with Crippen LogP contribution in [0.3, 0.4) is 0 Å². The highest BCUT2D eigenvalue weighted by Gasteiger charge is 2.30. The first kappa shape index (κ1) is 20.6. The molecular weight excluding hydrogens is 374 g/mol. The average Bonchev–Trinajstić information content (AvgIpc) is 2.56. The van der Waals surface area contributed by atoms with Gasteiger partial charge in [-0.15, -0.1) is 0 Å². The van der Waals surface area contributed by atoms with Crippen LogP contribution >= 0.6 is 0 Å². The van der Waals surface area contributed by atoms with Gasteiger partial charge in [-0.25, -0.2) is 0 Å². The predicted octanol–water partition coefficient (Wildman–Crippen LogP) is -1.74. The first-order valence-corrected chi connectivity index (χ1v) is 8.40. The van der Waals surface area contributed by atoms with E-state index in [1.54, 1.807) is 12.1 Å². The van der Waals surface area contributed by atoms with Crippen LogP contribution in [0.4, 0.5) is 5.69 Å². The Labute approximate surface area is 153 Å². The fourth-order valence-electron chi connectivity index (χ4n) is 3.34. The van der Waals surface area contributed by atoms with Crippen LogP contribution in [0.5, 0.6) is 0 Å². The molecular formula is C17H26BrN3O3. The highest BCUT2D eigenvalue weighted by atomic mass is 79.9. The lowest BCUT2D eigenvalue weighted by Gasteiger charge is -2.32. The number of non-ortho nitro benzene ring substituents is 1. The van der Waals surface area contributed by atoms with Gasteiger partial charge in [0.15, 0.2) is 0 Å². The number of benzene rings is 1. The van der Waals surface area contributed by atoms with Crippen molar-refractivity contribution >= 4 is 11.6 Å². The standard InChI is InChI=1S/C17H25N3O3.BrH/c1-3-19(4-2)17(21)15-6-5-11-18(13-15)12-14-7-9-16(10-8-14)20(22)23;/h7-10,15H,3-6,11-13H2,1-2H3;1H. The van der Waals surface area contributed by atoms with Gasteiger partial charge in [0.05, 0.1) is 23.9 Å². The summed E-state index contributed by atoms with van der Waals surface area (Å²) in [7, 11) is 0. The van der Waals surface area contributed by atoms with Gasteiger partial charge in [-0.2, -0.15) is 0 Å². The van der Waals surface area contributed by atoms with Gasteiger partial charge in [0.25, 0.3) is 5.69 Å². The van der Waals surface area contributed by atoms with Gasteiger partial charge < -0.3 is 26.8 Å². The van der Waals surface area contributed by atoms with Gasteiger partial charge >= 0.3 is 0 Å². The molecule has 0 spiro atoms. The molecule has 24 heavy (non-hydrogen) atoms. The van der Waals surface area contributed by atoms with Crippen LogP contribution in [-0.4, -0.2) is 41.9 Å². The minimum absolute atomic E-state index is 0. The summed E-state index contributed by atoms with van der Waals surface area (Å²) in [6.45, 7) is 8.30. The molecule has 0 saturated carbocycles. The maximum atomic E-state index is 12.5. The van der Waals surface area contributed by atoms with Crippen LogP contribution in [0, 0.1) is 16.0 Å². The molecule has 1 aromatic rings. The Hall–Kier alpha value is -1.47. The Morgan fingerprint density at radius 1 is 1.29 bits per heavy atom. The molecule has 1 aliphatic rings. The SMILES string of the molecule is CCN(CC)C(=O)C1CCC[NH+](Cc2ccc([N+](=O)[O-])cc2)C1.[Br-]. The van der Waals surface area contributed by atoms with Crippen LogP contribution in [0.15, 0.2) is 24.3 Å². The molecule has 2 rings (SSSR count). The largest absolute Gasteiger partial charge is 1.00 e. The number of carbonyl (C=O) groups excluding carboxylic acids is 1. The second-order valence-corrected chi connectivity index (χ2v) is 6.15. The Bertz CT molecular complexity index is 547. The minimum atomic E-state index is -0.379. The van der Waals surface area contributed by atoms with E-state index in [9.17, 15) is 14.9 Å². The molecule has 1 aliphatic heterocycles. The number of rotatable bonds is 6. The summed E-state index contributed by atoms with van der Waals surface area (Å²) in [5.74, 6) is 0.382. The van der Waals surface area contributed by atoms with E-state index in [4.69, 9.17) is 0 Å². The number of quaternary nitrogens is 1. The van der Waals surface area contributed by atoms with Crippen molar-refractivity contribution in [2.45, 2.75) is 33.2 Å². The minimum Gasteiger partial charge on any atom is -1.00 e. The summed E-state index contributed by atoms with van der Waals surface area (Å²) in [6.07, 6.45) is 2.03. The molecule has 1 aromatic carbocycles. The molecule has 0 aliphatic carbocycles. The summed E-state index contributed by atoms with van der Waals surface area (Å²) in [5, 5.41) is 10.7. The Morgan fingerprint density at radius 2 is 1.92 bits per heavy atom. The van der Waals surface area contributed by atoms with Gasteiger partial charge in [0.1, 0.15) is 6.54 Å². The molecule has 1 saturated heterocycles. The molecule has 0 bridgehead atoms. The number of likely N-dealkylation sites (tertiary alicyclic amines) is 1. The number of hydrogen-bond donors (Lipinski definition) is 1. The predicted molar refractivity (Wildman–Crippen MR) is 88.1 cm³/mol. The van der Waals surface area contributed by atoms with Crippen molar-refractivity contribution in [3.8, 4) is 0 Å². The lowest BCUT2D eigenvalue weighted by Crippen LogP contribution is -3.12. The molecule has 1 heterocycles. The summed E-state index contributed by atoms with van der Waals surface area (Å²) >= 11 is 0. The third kappa shape index (κ3) is 5.27.